The molecule has 12 heavy (non-hydrogen) atoms. The average Bonchev–Trinajstić information content (AvgIpc) is 2.05. The van der Waals surface area contributed by atoms with Crippen LogP contribution < -0.4 is 0 Å². The Morgan fingerprint density at radius 3 is 2.67 bits per heavy atom. The predicted molar refractivity (Wildman–Crippen MR) is 53.4 cm³/mol. The van der Waals surface area contributed by atoms with Crippen LogP contribution >= 0.6 is 0 Å². The molecule has 1 aromatic rings. The number of rotatable bonds is 3. The minimum absolute atomic E-state index is 0.623. The largest absolute Gasteiger partial charge is 0.0651 e. The summed E-state index contributed by atoms with van der Waals surface area (Å²) in [7, 11) is 0. The van der Waals surface area contributed by atoms with Gasteiger partial charge < -0.3 is 0 Å². The van der Waals surface area contributed by atoms with Crippen LogP contribution in [0.5, 0.6) is 0 Å². The fraction of sp³-hybridized carbons (Fsp3) is 0.500. The molecule has 0 atom stereocenters. The van der Waals surface area contributed by atoms with E-state index in [1.54, 1.807) is 0 Å². The minimum Gasteiger partial charge on any atom is -0.0651 e. The molecule has 0 N–H and O–H groups in total. The molecular formula is C12H17. The summed E-state index contributed by atoms with van der Waals surface area (Å²) in [6.45, 7) is 6.65. The fourth-order valence-corrected chi connectivity index (χ4v) is 1.31. The Bertz CT molecular complexity index is 236. The van der Waals surface area contributed by atoms with Crippen LogP contribution in [0, 0.1) is 6.07 Å². The van der Waals surface area contributed by atoms with E-state index in [2.05, 4.69) is 45.0 Å². The van der Waals surface area contributed by atoms with Gasteiger partial charge in [0.2, 0.25) is 0 Å². The van der Waals surface area contributed by atoms with E-state index in [4.69, 9.17) is 0 Å². The Morgan fingerprint density at radius 1 is 1.33 bits per heavy atom. The molecule has 0 saturated heterocycles. The van der Waals surface area contributed by atoms with Gasteiger partial charge in [0.25, 0.3) is 0 Å². The Labute approximate surface area is 75.6 Å². The molecule has 1 rings (SSSR count). The molecule has 1 aromatic carbocycles. The van der Waals surface area contributed by atoms with Crippen LogP contribution in [0.4, 0.5) is 0 Å². The van der Waals surface area contributed by atoms with Crippen molar-refractivity contribution in [2.75, 3.05) is 0 Å². The van der Waals surface area contributed by atoms with E-state index in [0.29, 0.717) is 5.92 Å². The van der Waals surface area contributed by atoms with Crippen LogP contribution in [-0.4, -0.2) is 0 Å². The van der Waals surface area contributed by atoms with E-state index in [-0.39, 0.29) is 0 Å². The lowest BCUT2D eigenvalue weighted by Gasteiger charge is -2.06. The van der Waals surface area contributed by atoms with E-state index in [9.17, 15) is 0 Å². The van der Waals surface area contributed by atoms with E-state index in [0.717, 1.165) is 0 Å². The molecule has 0 aliphatic carbocycles. The standard InChI is InChI=1S/C12H17/c1-4-6-11-7-5-8-12(9-11)10(2)3/h7-10H,4,6H2,1-3H3. The molecule has 1 radical (unpaired) electrons. The first-order chi connectivity index (χ1) is 5.74. The SMILES string of the molecule is CCCc1c[c]cc(C(C)C)c1. The van der Waals surface area contributed by atoms with Crippen molar-refractivity contribution in [1.82, 2.24) is 0 Å². The Morgan fingerprint density at radius 2 is 2.08 bits per heavy atom. The second kappa shape index (κ2) is 4.30. The summed E-state index contributed by atoms with van der Waals surface area (Å²) in [4.78, 5) is 0. The Hall–Kier alpha value is -0.780. The normalized spacial score (nSPS) is 10.7. The van der Waals surface area contributed by atoms with Crippen LogP contribution in [0.3, 0.4) is 0 Å². The molecule has 0 unspecified atom stereocenters. The topological polar surface area (TPSA) is 0 Å². The Kier molecular flexibility index (Phi) is 3.33. The average molecular weight is 161 g/mol. The van der Waals surface area contributed by atoms with Crippen molar-refractivity contribution in [3.63, 3.8) is 0 Å². The molecule has 65 valence electrons. The highest BCUT2D eigenvalue weighted by atomic mass is 14.0. The molecular weight excluding hydrogens is 144 g/mol. The molecule has 0 amide bonds. The van der Waals surface area contributed by atoms with Gasteiger partial charge in [-0.2, -0.15) is 0 Å². The summed E-state index contributed by atoms with van der Waals surface area (Å²) < 4.78 is 0. The number of hydrogen-bond donors (Lipinski definition) is 0. The number of aryl methyl sites for hydroxylation is 1. The van der Waals surface area contributed by atoms with Gasteiger partial charge in [0, 0.05) is 0 Å². The summed E-state index contributed by atoms with van der Waals surface area (Å²) in [5.41, 5.74) is 2.82. The van der Waals surface area contributed by atoms with Gasteiger partial charge in [-0.15, -0.1) is 0 Å². The van der Waals surface area contributed by atoms with Gasteiger partial charge in [-0.05, 0) is 29.5 Å². The van der Waals surface area contributed by atoms with Crippen LogP contribution in [0.2, 0.25) is 0 Å². The smallest absolute Gasteiger partial charge is 0.0178 e. The summed E-state index contributed by atoms with van der Waals surface area (Å²) in [5.74, 6) is 0.623. The number of hydrogen-bond acceptors (Lipinski definition) is 0. The molecule has 0 heteroatoms. The summed E-state index contributed by atoms with van der Waals surface area (Å²) in [5, 5.41) is 0. The minimum atomic E-state index is 0.623. The maximum atomic E-state index is 3.20. The van der Waals surface area contributed by atoms with Crippen molar-refractivity contribution in [3.05, 3.63) is 35.4 Å². The molecule has 0 aromatic heterocycles. The predicted octanol–water partition coefficient (Wildman–Crippen LogP) is 3.56. The van der Waals surface area contributed by atoms with Crippen LogP contribution in [0.15, 0.2) is 18.2 Å². The molecule has 0 nitrogen and oxygen atoms in total. The monoisotopic (exact) mass is 161 g/mol. The van der Waals surface area contributed by atoms with Gasteiger partial charge in [0.15, 0.2) is 0 Å². The molecule has 0 heterocycles. The maximum absolute atomic E-state index is 3.20. The lowest BCUT2D eigenvalue weighted by Crippen LogP contribution is -1.90. The van der Waals surface area contributed by atoms with Crippen LogP contribution in [0.1, 0.15) is 44.2 Å². The zero-order valence-electron chi connectivity index (χ0n) is 8.22. The van der Waals surface area contributed by atoms with Crippen molar-refractivity contribution in [1.29, 1.82) is 0 Å². The van der Waals surface area contributed by atoms with Gasteiger partial charge in [0.1, 0.15) is 0 Å². The third-order valence-corrected chi connectivity index (χ3v) is 2.08. The summed E-state index contributed by atoms with van der Waals surface area (Å²) in [6.07, 6.45) is 2.40. The van der Waals surface area contributed by atoms with Gasteiger partial charge in [-0.25, -0.2) is 0 Å². The second-order valence-corrected chi connectivity index (χ2v) is 3.58. The highest BCUT2D eigenvalue weighted by Gasteiger charge is 1.99. The molecule has 0 aliphatic rings. The third-order valence-electron chi connectivity index (χ3n) is 2.08. The van der Waals surface area contributed by atoms with E-state index in [1.807, 2.05) is 0 Å². The molecule has 0 bridgehead atoms. The highest BCUT2D eigenvalue weighted by molar-refractivity contribution is 5.24. The van der Waals surface area contributed by atoms with Crippen molar-refractivity contribution < 1.29 is 0 Å². The third kappa shape index (κ3) is 2.37. The molecule has 0 saturated carbocycles. The zero-order chi connectivity index (χ0) is 8.97. The Balaban J connectivity index is 2.81. The van der Waals surface area contributed by atoms with Crippen molar-refractivity contribution in [2.45, 2.75) is 39.5 Å². The summed E-state index contributed by atoms with van der Waals surface area (Å²) >= 11 is 0. The van der Waals surface area contributed by atoms with Gasteiger partial charge in [0.05, 0.1) is 0 Å². The molecule has 0 aliphatic heterocycles. The van der Waals surface area contributed by atoms with Crippen molar-refractivity contribution in [3.8, 4) is 0 Å². The van der Waals surface area contributed by atoms with Gasteiger partial charge in [-0.1, -0.05) is 45.4 Å². The highest BCUT2D eigenvalue weighted by Crippen LogP contribution is 2.15. The first-order valence-electron chi connectivity index (χ1n) is 4.74. The second-order valence-electron chi connectivity index (χ2n) is 3.58. The first kappa shape index (κ1) is 9.31. The van der Waals surface area contributed by atoms with Crippen molar-refractivity contribution in [2.24, 2.45) is 0 Å². The van der Waals surface area contributed by atoms with E-state index >= 15 is 0 Å². The fourth-order valence-electron chi connectivity index (χ4n) is 1.31. The van der Waals surface area contributed by atoms with Gasteiger partial charge >= 0.3 is 0 Å². The van der Waals surface area contributed by atoms with Crippen LogP contribution in [0.25, 0.3) is 0 Å². The lowest BCUT2D eigenvalue weighted by molar-refractivity contribution is 0.853. The van der Waals surface area contributed by atoms with Crippen molar-refractivity contribution >= 4 is 0 Å². The van der Waals surface area contributed by atoms with Gasteiger partial charge in [-0.3, -0.25) is 0 Å². The quantitative estimate of drug-likeness (QED) is 0.636. The summed E-state index contributed by atoms with van der Waals surface area (Å²) in [6, 6.07) is 9.67. The lowest BCUT2D eigenvalue weighted by atomic mass is 9.99. The van der Waals surface area contributed by atoms with Crippen LogP contribution in [-0.2, 0) is 6.42 Å². The first-order valence-corrected chi connectivity index (χ1v) is 4.74. The molecule has 0 fully saturated rings. The van der Waals surface area contributed by atoms with E-state index < -0.39 is 0 Å². The zero-order valence-corrected chi connectivity index (χ0v) is 8.22. The molecule has 0 spiro atoms. The van der Waals surface area contributed by atoms with E-state index in [1.165, 1.54) is 24.0 Å². The maximum Gasteiger partial charge on any atom is -0.0178 e. The number of benzene rings is 1.